The molecule has 0 heterocycles. The Labute approximate surface area is 184 Å². The highest BCUT2D eigenvalue weighted by atomic mass is 19.4. The van der Waals surface area contributed by atoms with Crippen LogP contribution in [0.15, 0.2) is 66.7 Å². The molecule has 6 heteroatoms. The zero-order valence-corrected chi connectivity index (χ0v) is 17.5. The molecule has 3 aromatic rings. The van der Waals surface area contributed by atoms with Crippen LogP contribution in [-0.4, -0.2) is 13.0 Å². The summed E-state index contributed by atoms with van der Waals surface area (Å²) in [6.07, 6.45) is -1.49. The fourth-order valence-corrected chi connectivity index (χ4v) is 2.98. The number of alkyl halides is 3. The summed E-state index contributed by atoms with van der Waals surface area (Å²) in [4.78, 5) is 0. The van der Waals surface area contributed by atoms with Gasteiger partial charge < -0.3 is 9.47 Å². The first-order valence-corrected chi connectivity index (χ1v) is 10.2. The normalized spacial score (nSPS) is 10.9. The third kappa shape index (κ3) is 7.05. The standard InChI is InChI=1S/C26H22F4O2/c1-2-3-4-17-31-22-14-10-21(11-15-22)24-16-9-20(18-25(24)27)6-5-19-7-12-23(13-8-19)32-26(28,29)30/h7-16,18H,2-4,17H2,1H3. The number of benzene rings is 3. The van der Waals surface area contributed by atoms with Gasteiger partial charge in [-0.05, 0) is 60.5 Å². The molecule has 0 fully saturated rings. The molecule has 0 aliphatic carbocycles. The van der Waals surface area contributed by atoms with Crippen molar-refractivity contribution in [3.63, 3.8) is 0 Å². The molecular formula is C26H22F4O2. The van der Waals surface area contributed by atoms with Crippen LogP contribution in [0.2, 0.25) is 0 Å². The number of halogens is 4. The smallest absolute Gasteiger partial charge is 0.494 e. The quantitative estimate of drug-likeness (QED) is 0.216. The van der Waals surface area contributed by atoms with E-state index in [4.69, 9.17) is 4.74 Å². The number of hydrogen-bond donors (Lipinski definition) is 0. The van der Waals surface area contributed by atoms with Gasteiger partial charge in [0.15, 0.2) is 0 Å². The largest absolute Gasteiger partial charge is 0.573 e. The van der Waals surface area contributed by atoms with Gasteiger partial charge in [0.05, 0.1) is 6.61 Å². The minimum Gasteiger partial charge on any atom is -0.494 e. The van der Waals surface area contributed by atoms with Crippen LogP contribution in [0.1, 0.15) is 37.3 Å². The summed E-state index contributed by atoms with van der Waals surface area (Å²) >= 11 is 0. The van der Waals surface area contributed by atoms with Gasteiger partial charge in [-0.25, -0.2) is 4.39 Å². The van der Waals surface area contributed by atoms with Crippen molar-refractivity contribution in [2.24, 2.45) is 0 Å². The summed E-state index contributed by atoms with van der Waals surface area (Å²) in [6.45, 7) is 2.79. The van der Waals surface area contributed by atoms with Crippen LogP contribution in [0, 0.1) is 17.7 Å². The molecule has 0 aliphatic heterocycles. The zero-order chi connectivity index (χ0) is 23.0. The number of unbranched alkanes of at least 4 members (excludes halogenated alkanes) is 2. The van der Waals surface area contributed by atoms with Gasteiger partial charge >= 0.3 is 6.36 Å². The van der Waals surface area contributed by atoms with Gasteiger partial charge in [-0.15, -0.1) is 13.2 Å². The summed E-state index contributed by atoms with van der Waals surface area (Å²) < 4.78 is 60.8. The molecule has 0 aromatic heterocycles. The third-order valence-corrected chi connectivity index (χ3v) is 4.59. The molecule has 2 nitrogen and oxygen atoms in total. The first-order chi connectivity index (χ1) is 15.3. The van der Waals surface area contributed by atoms with Crippen molar-refractivity contribution in [3.05, 3.63) is 83.7 Å². The van der Waals surface area contributed by atoms with E-state index in [0.717, 1.165) is 30.6 Å². The second kappa shape index (κ2) is 10.7. The van der Waals surface area contributed by atoms with Gasteiger partial charge in [-0.2, -0.15) is 0 Å². The van der Waals surface area contributed by atoms with Gasteiger partial charge in [0.1, 0.15) is 17.3 Å². The van der Waals surface area contributed by atoms with Crippen molar-refractivity contribution in [2.75, 3.05) is 6.61 Å². The molecular weight excluding hydrogens is 420 g/mol. The van der Waals surface area contributed by atoms with Crippen LogP contribution in [0.3, 0.4) is 0 Å². The fraction of sp³-hybridized carbons (Fsp3) is 0.231. The third-order valence-electron chi connectivity index (χ3n) is 4.59. The van der Waals surface area contributed by atoms with Gasteiger partial charge in [0.25, 0.3) is 0 Å². The van der Waals surface area contributed by atoms with Crippen LogP contribution < -0.4 is 9.47 Å². The predicted molar refractivity (Wildman–Crippen MR) is 116 cm³/mol. The number of ether oxygens (including phenoxy) is 2. The average Bonchev–Trinajstić information content (AvgIpc) is 2.76. The first kappa shape index (κ1) is 23.2. The molecule has 0 unspecified atom stereocenters. The molecule has 0 spiro atoms. The van der Waals surface area contributed by atoms with E-state index in [-0.39, 0.29) is 5.75 Å². The number of hydrogen-bond acceptors (Lipinski definition) is 2. The zero-order valence-electron chi connectivity index (χ0n) is 17.5. The molecule has 0 N–H and O–H groups in total. The van der Waals surface area contributed by atoms with E-state index in [1.165, 1.54) is 30.3 Å². The van der Waals surface area contributed by atoms with Crippen molar-refractivity contribution < 1.29 is 27.0 Å². The predicted octanol–water partition coefficient (Wildman–Crippen LogP) is 7.36. The lowest BCUT2D eigenvalue weighted by Gasteiger charge is -2.08. The summed E-state index contributed by atoms with van der Waals surface area (Å²) in [7, 11) is 0. The van der Waals surface area contributed by atoms with Crippen molar-refractivity contribution in [1.82, 2.24) is 0 Å². The summed E-state index contributed by atoms with van der Waals surface area (Å²) in [5.41, 5.74) is 2.11. The fourth-order valence-electron chi connectivity index (χ4n) is 2.98. The highest BCUT2D eigenvalue weighted by Gasteiger charge is 2.30. The second-order valence-electron chi connectivity index (χ2n) is 7.10. The van der Waals surface area contributed by atoms with E-state index in [2.05, 4.69) is 23.5 Å². The molecule has 0 aliphatic rings. The lowest BCUT2D eigenvalue weighted by molar-refractivity contribution is -0.274. The van der Waals surface area contributed by atoms with Crippen molar-refractivity contribution in [1.29, 1.82) is 0 Å². The topological polar surface area (TPSA) is 18.5 Å². The van der Waals surface area contributed by atoms with Gasteiger partial charge in [-0.1, -0.05) is 49.8 Å². The summed E-state index contributed by atoms with van der Waals surface area (Å²) in [6, 6.07) is 17.1. The Morgan fingerprint density at radius 3 is 2.03 bits per heavy atom. The van der Waals surface area contributed by atoms with E-state index < -0.39 is 12.2 Å². The second-order valence-corrected chi connectivity index (χ2v) is 7.10. The number of rotatable bonds is 7. The van der Waals surface area contributed by atoms with Crippen molar-refractivity contribution >= 4 is 0 Å². The molecule has 0 saturated carbocycles. The molecule has 3 rings (SSSR count). The molecule has 0 radical (unpaired) electrons. The Bertz CT molecular complexity index is 1080. The molecule has 0 amide bonds. The molecule has 3 aromatic carbocycles. The Morgan fingerprint density at radius 2 is 1.41 bits per heavy atom. The molecule has 32 heavy (non-hydrogen) atoms. The molecule has 166 valence electrons. The Hall–Kier alpha value is -3.46. The summed E-state index contributed by atoms with van der Waals surface area (Å²) in [5.74, 6) is 5.63. The van der Waals surface area contributed by atoms with Gasteiger partial charge in [0.2, 0.25) is 0 Å². The van der Waals surface area contributed by atoms with Crippen LogP contribution in [-0.2, 0) is 0 Å². The Balaban J connectivity index is 1.66. The Kier molecular flexibility index (Phi) is 7.77. The van der Waals surface area contributed by atoms with Crippen molar-refractivity contribution in [3.8, 4) is 34.5 Å². The highest BCUT2D eigenvalue weighted by Crippen LogP contribution is 2.26. The minimum absolute atomic E-state index is 0.323. The highest BCUT2D eigenvalue weighted by molar-refractivity contribution is 5.66. The van der Waals surface area contributed by atoms with Crippen LogP contribution in [0.25, 0.3) is 11.1 Å². The Morgan fingerprint density at radius 1 is 0.781 bits per heavy atom. The molecule has 0 atom stereocenters. The van der Waals surface area contributed by atoms with Gasteiger partial charge in [-0.3, -0.25) is 0 Å². The summed E-state index contributed by atoms with van der Waals surface area (Å²) in [5, 5.41) is 0. The SMILES string of the molecule is CCCCCOc1ccc(-c2ccc(C#Cc3ccc(OC(F)(F)F)cc3)cc2F)cc1. The lowest BCUT2D eigenvalue weighted by Crippen LogP contribution is -2.16. The average molecular weight is 442 g/mol. The van der Waals surface area contributed by atoms with Gasteiger partial charge in [0, 0.05) is 16.7 Å². The van der Waals surface area contributed by atoms with Crippen molar-refractivity contribution in [2.45, 2.75) is 32.5 Å². The lowest BCUT2D eigenvalue weighted by atomic mass is 10.0. The first-order valence-electron chi connectivity index (χ1n) is 10.2. The van der Waals surface area contributed by atoms with E-state index >= 15 is 0 Å². The van der Waals surface area contributed by atoms with E-state index in [9.17, 15) is 17.6 Å². The van der Waals surface area contributed by atoms with Crippen LogP contribution in [0.4, 0.5) is 17.6 Å². The maximum atomic E-state index is 14.6. The van der Waals surface area contributed by atoms with E-state index in [1.54, 1.807) is 12.1 Å². The monoisotopic (exact) mass is 442 g/mol. The molecule has 0 bridgehead atoms. The van der Waals surface area contributed by atoms with E-state index in [0.29, 0.717) is 23.3 Å². The molecule has 0 saturated heterocycles. The maximum absolute atomic E-state index is 14.6. The minimum atomic E-state index is -4.74. The van der Waals surface area contributed by atoms with E-state index in [1.807, 2.05) is 24.3 Å². The van der Waals surface area contributed by atoms with Crippen LogP contribution >= 0.6 is 0 Å². The van der Waals surface area contributed by atoms with Crippen LogP contribution in [0.5, 0.6) is 11.5 Å². The maximum Gasteiger partial charge on any atom is 0.573 e.